The van der Waals surface area contributed by atoms with E-state index in [9.17, 15) is 15.3 Å². The molecule has 0 aromatic carbocycles. The van der Waals surface area contributed by atoms with Crippen LogP contribution in [0.5, 0.6) is 0 Å². The SMILES string of the molecule is C[C@]1(O)C(n2cc3c4c(ncnc42)NCc2sccc2-3)OC(CO)[C@H]1O. The lowest BCUT2D eigenvalue weighted by molar-refractivity contribution is -0.0948. The van der Waals surface area contributed by atoms with Crippen molar-refractivity contribution in [1.82, 2.24) is 14.5 Å². The molecule has 5 rings (SSSR count). The Labute approximate surface area is 152 Å². The minimum atomic E-state index is -1.57. The number of hydrogen-bond donors (Lipinski definition) is 4. The van der Waals surface area contributed by atoms with Crippen molar-refractivity contribution in [2.75, 3.05) is 11.9 Å². The topological polar surface area (TPSA) is 113 Å². The maximum Gasteiger partial charge on any atom is 0.167 e. The number of fused-ring (bicyclic) bond motifs is 2. The number of aliphatic hydroxyl groups excluding tert-OH is 2. The first-order chi connectivity index (χ1) is 12.5. The molecule has 8 nitrogen and oxygen atoms in total. The zero-order valence-corrected chi connectivity index (χ0v) is 14.8. The molecule has 1 saturated heterocycles. The van der Waals surface area contributed by atoms with Gasteiger partial charge < -0.3 is 29.9 Å². The van der Waals surface area contributed by atoms with E-state index < -0.39 is 24.0 Å². The van der Waals surface area contributed by atoms with Gasteiger partial charge in [0, 0.05) is 16.6 Å². The van der Waals surface area contributed by atoms with Gasteiger partial charge in [-0.2, -0.15) is 0 Å². The van der Waals surface area contributed by atoms with E-state index in [1.165, 1.54) is 18.1 Å². The van der Waals surface area contributed by atoms with Crippen LogP contribution >= 0.6 is 11.3 Å². The summed E-state index contributed by atoms with van der Waals surface area (Å²) in [4.78, 5) is 9.96. The van der Waals surface area contributed by atoms with Gasteiger partial charge >= 0.3 is 0 Å². The fraction of sp³-hybridized carbons (Fsp3) is 0.412. The van der Waals surface area contributed by atoms with Crippen LogP contribution in [-0.2, 0) is 11.3 Å². The molecule has 9 heteroatoms. The highest BCUT2D eigenvalue weighted by Gasteiger charge is 2.53. The highest BCUT2D eigenvalue weighted by atomic mass is 32.1. The predicted octanol–water partition coefficient (Wildman–Crippen LogP) is 1.09. The average Bonchev–Trinajstić information content (AvgIpc) is 3.27. The molecule has 5 heterocycles. The van der Waals surface area contributed by atoms with Crippen LogP contribution in [0.2, 0.25) is 0 Å². The molecule has 4 N–H and O–H groups in total. The van der Waals surface area contributed by atoms with Crippen LogP contribution in [0.1, 0.15) is 18.0 Å². The number of aliphatic hydroxyl groups is 3. The summed E-state index contributed by atoms with van der Waals surface area (Å²) < 4.78 is 7.51. The van der Waals surface area contributed by atoms with E-state index in [4.69, 9.17) is 4.74 Å². The average molecular weight is 374 g/mol. The van der Waals surface area contributed by atoms with Gasteiger partial charge in [-0.1, -0.05) is 0 Å². The third-order valence-electron chi connectivity index (χ3n) is 5.25. The molecular weight excluding hydrogens is 356 g/mol. The molecule has 2 unspecified atom stereocenters. The standard InChI is InChI=1S/C17H18N4O4S/c1-17(24)13(23)10(6-22)25-16(17)21-5-9-8-2-3-26-11(8)4-18-14-12(9)15(21)20-7-19-14/h2-3,5,7,10,13,16,22-24H,4,6H2,1H3,(H,18,19,20)/t10?,13-,16?,17-/m1/s1. The summed E-state index contributed by atoms with van der Waals surface area (Å²) in [6.45, 7) is 1.82. The molecule has 0 aliphatic carbocycles. The van der Waals surface area contributed by atoms with Crippen molar-refractivity contribution in [2.45, 2.75) is 37.5 Å². The van der Waals surface area contributed by atoms with Crippen LogP contribution in [0.4, 0.5) is 5.82 Å². The van der Waals surface area contributed by atoms with Crippen molar-refractivity contribution in [3.8, 4) is 11.1 Å². The number of thiophene rings is 1. The molecule has 0 saturated carbocycles. The molecule has 0 radical (unpaired) electrons. The lowest BCUT2D eigenvalue weighted by Crippen LogP contribution is -2.44. The smallest absolute Gasteiger partial charge is 0.167 e. The molecule has 2 aliphatic rings. The second kappa shape index (κ2) is 5.48. The molecule has 4 atom stereocenters. The molecule has 1 fully saturated rings. The number of rotatable bonds is 2. The fourth-order valence-electron chi connectivity index (χ4n) is 3.87. The second-order valence-corrected chi connectivity index (χ2v) is 7.86. The highest BCUT2D eigenvalue weighted by molar-refractivity contribution is 7.10. The number of aromatic nitrogens is 3. The van der Waals surface area contributed by atoms with E-state index in [2.05, 4.69) is 21.4 Å². The van der Waals surface area contributed by atoms with Gasteiger partial charge in [0.2, 0.25) is 0 Å². The second-order valence-electron chi connectivity index (χ2n) is 6.86. The van der Waals surface area contributed by atoms with Crippen molar-refractivity contribution in [3.05, 3.63) is 28.8 Å². The highest BCUT2D eigenvalue weighted by Crippen LogP contribution is 2.45. The van der Waals surface area contributed by atoms with Crippen LogP contribution < -0.4 is 5.32 Å². The molecule has 0 bridgehead atoms. The van der Waals surface area contributed by atoms with Gasteiger partial charge in [0.15, 0.2) is 6.23 Å². The van der Waals surface area contributed by atoms with E-state index in [0.717, 1.165) is 22.3 Å². The van der Waals surface area contributed by atoms with Gasteiger partial charge in [0.05, 0.1) is 18.5 Å². The maximum atomic E-state index is 10.9. The monoisotopic (exact) mass is 374 g/mol. The Bertz CT molecular complexity index is 998. The molecule has 2 aliphatic heterocycles. The van der Waals surface area contributed by atoms with E-state index in [1.807, 2.05) is 11.6 Å². The summed E-state index contributed by atoms with van der Waals surface area (Å²) >= 11 is 1.67. The molecule has 0 amide bonds. The minimum Gasteiger partial charge on any atom is -0.394 e. The first-order valence-corrected chi connectivity index (χ1v) is 9.23. The third-order valence-corrected chi connectivity index (χ3v) is 6.17. The first-order valence-electron chi connectivity index (χ1n) is 8.35. The predicted molar refractivity (Wildman–Crippen MR) is 95.8 cm³/mol. The Morgan fingerprint density at radius 3 is 3.04 bits per heavy atom. The number of anilines is 1. The van der Waals surface area contributed by atoms with Crippen molar-refractivity contribution in [2.24, 2.45) is 0 Å². The Morgan fingerprint density at radius 1 is 1.42 bits per heavy atom. The van der Waals surface area contributed by atoms with Crippen LogP contribution in [0.25, 0.3) is 22.2 Å². The fourth-order valence-corrected chi connectivity index (χ4v) is 4.70. The van der Waals surface area contributed by atoms with Crippen molar-refractivity contribution >= 4 is 28.2 Å². The number of nitrogens with zero attached hydrogens (tertiary/aromatic N) is 3. The number of hydrogen-bond acceptors (Lipinski definition) is 8. The summed E-state index contributed by atoms with van der Waals surface area (Å²) in [6.07, 6.45) is 0.402. The zero-order chi connectivity index (χ0) is 18.1. The zero-order valence-electron chi connectivity index (χ0n) is 14.0. The van der Waals surface area contributed by atoms with Crippen LogP contribution in [0.3, 0.4) is 0 Å². The quantitative estimate of drug-likeness (QED) is 0.531. The Morgan fingerprint density at radius 2 is 2.27 bits per heavy atom. The van der Waals surface area contributed by atoms with Crippen LogP contribution in [-0.4, -0.2) is 54.3 Å². The first kappa shape index (κ1) is 16.2. The number of ether oxygens (including phenoxy) is 1. The van der Waals surface area contributed by atoms with Gasteiger partial charge in [-0.3, -0.25) is 0 Å². The van der Waals surface area contributed by atoms with Gasteiger partial charge in [-0.25, -0.2) is 9.97 Å². The van der Waals surface area contributed by atoms with Crippen molar-refractivity contribution in [1.29, 1.82) is 0 Å². The van der Waals surface area contributed by atoms with E-state index in [0.29, 0.717) is 12.2 Å². The summed E-state index contributed by atoms with van der Waals surface area (Å²) in [5.41, 5.74) is 1.08. The van der Waals surface area contributed by atoms with E-state index in [1.54, 1.807) is 15.9 Å². The van der Waals surface area contributed by atoms with Crippen LogP contribution in [0, 0.1) is 0 Å². The summed E-state index contributed by atoms with van der Waals surface area (Å²) in [5.74, 6) is 0.726. The maximum absolute atomic E-state index is 10.9. The molecule has 0 spiro atoms. The Balaban J connectivity index is 1.75. The van der Waals surface area contributed by atoms with Gasteiger partial charge in [-0.15, -0.1) is 11.3 Å². The van der Waals surface area contributed by atoms with Gasteiger partial charge in [-0.05, 0) is 23.9 Å². The van der Waals surface area contributed by atoms with Crippen LogP contribution in [0.15, 0.2) is 24.0 Å². The third kappa shape index (κ3) is 2.03. The van der Waals surface area contributed by atoms with E-state index >= 15 is 0 Å². The molecule has 136 valence electrons. The normalized spacial score (nSPS) is 30.2. The Kier molecular flexibility index (Phi) is 3.40. The summed E-state index contributed by atoms with van der Waals surface area (Å²) in [7, 11) is 0. The minimum absolute atomic E-state index is 0.379. The van der Waals surface area contributed by atoms with Gasteiger partial charge in [0.1, 0.15) is 35.6 Å². The molecule has 3 aromatic heterocycles. The van der Waals surface area contributed by atoms with E-state index in [-0.39, 0.29) is 6.61 Å². The summed E-state index contributed by atoms with van der Waals surface area (Å²) in [5, 5.41) is 36.9. The largest absolute Gasteiger partial charge is 0.394 e. The lowest BCUT2D eigenvalue weighted by Gasteiger charge is -2.27. The molecular formula is C17H18N4O4S. The Hall–Kier alpha value is -2.04. The molecule has 3 aromatic rings. The van der Waals surface area contributed by atoms with Crippen molar-refractivity contribution in [3.63, 3.8) is 0 Å². The lowest BCUT2D eigenvalue weighted by atomic mass is 9.96. The van der Waals surface area contributed by atoms with Crippen molar-refractivity contribution < 1.29 is 20.1 Å². The summed E-state index contributed by atoms with van der Waals surface area (Å²) in [6, 6.07) is 2.06. The van der Waals surface area contributed by atoms with Gasteiger partial charge in [0.25, 0.3) is 0 Å². The number of nitrogens with one attached hydrogen (secondary N) is 1. The molecule has 26 heavy (non-hydrogen) atoms.